The second-order valence-corrected chi connectivity index (χ2v) is 7.13. The van der Waals surface area contributed by atoms with E-state index >= 15 is 0 Å². The third-order valence-corrected chi connectivity index (χ3v) is 5.58. The Morgan fingerprint density at radius 1 is 0.600 bits per heavy atom. The maximum Gasteiger partial charge on any atom is 0.00672 e. The molecule has 2 rings (SSSR count). The Morgan fingerprint density at radius 3 is 1.25 bits per heavy atom. The number of hydrogen-bond acceptors (Lipinski definition) is 2. The zero-order valence-electron chi connectivity index (χ0n) is 13.8. The lowest BCUT2D eigenvalue weighted by molar-refractivity contribution is 0.162. The minimum absolute atomic E-state index is 0.828. The first-order chi connectivity index (χ1) is 9.83. The van der Waals surface area contributed by atoms with Crippen molar-refractivity contribution in [2.75, 3.05) is 13.1 Å². The van der Waals surface area contributed by atoms with Crippen molar-refractivity contribution < 1.29 is 0 Å². The summed E-state index contributed by atoms with van der Waals surface area (Å²) in [5.41, 5.74) is 0. The molecule has 0 aromatic carbocycles. The van der Waals surface area contributed by atoms with Gasteiger partial charge in [0, 0.05) is 12.1 Å². The maximum atomic E-state index is 3.71. The lowest BCUT2D eigenvalue weighted by atomic mass is 9.71. The van der Waals surface area contributed by atoms with Crippen molar-refractivity contribution >= 4 is 0 Å². The molecule has 2 nitrogen and oxygen atoms in total. The standard InChI is InChI=1S/C18H36N2/c1-3-13-19-17-9-5-15(6-10-17)16-7-11-18(12-8-16)20-14-4-2/h15-20H,3-14H2,1-2H3. The van der Waals surface area contributed by atoms with Crippen LogP contribution < -0.4 is 10.6 Å². The molecule has 0 atom stereocenters. The van der Waals surface area contributed by atoms with Gasteiger partial charge >= 0.3 is 0 Å². The Morgan fingerprint density at radius 2 is 0.950 bits per heavy atom. The lowest BCUT2D eigenvalue weighted by Crippen LogP contribution is -2.38. The average Bonchev–Trinajstić information content (AvgIpc) is 2.52. The zero-order valence-corrected chi connectivity index (χ0v) is 13.8. The van der Waals surface area contributed by atoms with Crippen molar-refractivity contribution in [1.29, 1.82) is 0 Å². The summed E-state index contributed by atoms with van der Waals surface area (Å²) in [7, 11) is 0. The lowest BCUT2D eigenvalue weighted by Gasteiger charge is -2.38. The summed E-state index contributed by atoms with van der Waals surface area (Å²) < 4.78 is 0. The van der Waals surface area contributed by atoms with Crippen molar-refractivity contribution in [1.82, 2.24) is 10.6 Å². The van der Waals surface area contributed by atoms with Crippen LogP contribution in [0.2, 0.25) is 0 Å². The van der Waals surface area contributed by atoms with E-state index in [2.05, 4.69) is 24.5 Å². The van der Waals surface area contributed by atoms with Crippen LogP contribution in [0.1, 0.15) is 78.1 Å². The second kappa shape index (κ2) is 9.04. The van der Waals surface area contributed by atoms with E-state index < -0.39 is 0 Å². The van der Waals surface area contributed by atoms with E-state index in [1.807, 2.05) is 0 Å². The van der Waals surface area contributed by atoms with E-state index in [0.29, 0.717) is 0 Å². The van der Waals surface area contributed by atoms with Gasteiger partial charge in [0.1, 0.15) is 0 Å². The van der Waals surface area contributed by atoms with E-state index in [-0.39, 0.29) is 0 Å². The van der Waals surface area contributed by atoms with Gasteiger partial charge in [-0.05, 0) is 89.1 Å². The third-order valence-electron chi connectivity index (χ3n) is 5.58. The van der Waals surface area contributed by atoms with E-state index in [9.17, 15) is 0 Å². The summed E-state index contributed by atoms with van der Waals surface area (Å²) in [6.45, 7) is 6.96. The van der Waals surface area contributed by atoms with Gasteiger partial charge < -0.3 is 10.6 Å². The van der Waals surface area contributed by atoms with E-state index in [4.69, 9.17) is 0 Å². The second-order valence-electron chi connectivity index (χ2n) is 7.13. The van der Waals surface area contributed by atoms with Crippen LogP contribution in [0.3, 0.4) is 0 Å². The van der Waals surface area contributed by atoms with E-state index in [0.717, 1.165) is 23.9 Å². The van der Waals surface area contributed by atoms with Crippen LogP contribution >= 0.6 is 0 Å². The van der Waals surface area contributed by atoms with E-state index in [1.54, 1.807) is 0 Å². The molecule has 0 aromatic rings. The van der Waals surface area contributed by atoms with Crippen molar-refractivity contribution in [2.45, 2.75) is 90.1 Å². The fourth-order valence-corrected chi connectivity index (χ4v) is 4.29. The predicted octanol–water partition coefficient (Wildman–Crippen LogP) is 4.10. The van der Waals surface area contributed by atoms with Gasteiger partial charge in [0.15, 0.2) is 0 Å². The molecule has 0 bridgehead atoms. The van der Waals surface area contributed by atoms with Crippen LogP contribution in [0, 0.1) is 11.8 Å². The molecular formula is C18H36N2. The molecule has 2 aliphatic carbocycles. The fraction of sp³-hybridized carbons (Fsp3) is 1.00. The molecule has 0 spiro atoms. The molecule has 2 fully saturated rings. The Balaban J connectivity index is 1.63. The highest BCUT2D eigenvalue weighted by Crippen LogP contribution is 2.38. The van der Waals surface area contributed by atoms with Gasteiger partial charge in [-0.25, -0.2) is 0 Å². The molecule has 0 heterocycles. The van der Waals surface area contributed by atoms with Gasteiger partial charge in [0.25, 0.3) is 0 Å². The van der Waals surface area contributed by atoms with Crippen molar-refractivity contribution in [3.05, 3.63) is 0 Å². The summed E-state index contributed by atoms with van der Waals surface area (Å²) in [6, 6.07) is 1.66. The molecule has 0 aliphatic heterocycles. The third kappa shape index (κ3) is 5.04. The Kier molecular flexibility index (Phi) is 7.37. The molecule has 0 amide bonds. The van der Waals surface area contributed by atoms with Crippen molar-refractivity contribution in [3.8, 4) is 0 Å². The maximum absolute atomic E-state index is 3.71. The normalized spacial score (nSPS) is 35.1. The monoisotopic (exact) mass is 280 g/mol. The van der Waals surface area contributed by atoms with Crippen LogP contribution in [0.4, 0.5) is 0 Å². The molecule has 0 unspecified atom stereocenters. The van der Waals surface area contributed by atoms with Crippen LogP contribution in [0.15, 0.2) is 0 Å². The number of hydrogen-bond donors (Lipinski definition) is 2. The van der Waals surface area contributed by atoms with E-state index in [1.165, 1.54) is 77.3 Å². The fourth-order valence-electron chi connectivity index (χ4n) is 4.29. The molecule has 2 aliphatic rings. The predicted molar refractivity (Wildman–Crippen MR) is 88.1 cm³/mol. The topological polar surface area (TPSA) is 24.1 Å². The smallest absolute Gasteiger partial charge is 0.00672 e. The Bertz CT molecular complexity index is 212. The number of nitrogens with one attached hydrogen (secondary N) is 2. The number of rotatable bonds is 7. The van der Waals surface area contributed by atoms with Crippen LogP contribution in [-0.4, -0.2) is 25.2 Å². The molecule has 0 radical (unpaired) electrons. The summed E-state index contributed by atoms with van der Waals surface area (Å²) >= 11 is 0. The van der Waals surface area contributed by atoms with Gasteiger partial charge in [-0.15, -0.1) is 0 Å². The first-order valence-corrected chi connectivity index (χ1v) is 9.30. The summed E-state index contributed by atoms with van der Waals surface area (Å²) in [5.74, 6) is 2.09. The molecule has 20 heavy (non-hydrogen) atoms. The minimum Gasteiger partial charge on any atom is -0.314 e. The minimum atomic E-state index is 0.828. The average molecular weight is 280 g/mol. The Hall–Kier alpha value is -0.0800. The molecule has 0 aromatic heterocycles. The first-order valence-electron chi connectivity index (χ1n) is 9.30. The highest BCUT2D eigenvalue weighted by atomic mass is 14.9. The van der Waals surface area contributed by atoms with Crippen LogP contribution in [0.25, 0.3) is 0 Å². The highest BCUT2D eigenvalue weighted by molar-refractivity contribution is 4.85. The largest absolute Gasteiger partial charge is 0.314 e. The molecule has 0 saturated heterocycles. The van der Waals surface area contributed by atoms with Gasteiger partial charge in [-0.1, -0.05) is 13.8 Å². The quantitative estimate of drug-likeness (QED) is 0.733. The SMILES string of the molecule is CCCNC1CCC(C2CCC(NCCC)CC2)CC1. The summed E-state index contributed by atoms with van der Waals surface area (Å²) in [6.07, 6.45) is 14.2. The Labute approximate surface area is 126 Å². The van der Waals surface area contributed by atoms with Gasteiger partial charge in [-0.3, -0.25) is 0 Å². The molecule has 2 saturated carbocycles. The molecular weight excluding hydrogens is 244 g/mol. The molecule has 2 N–H and O–H groups in total. The van der Waals surface area contributed by atoms with Gasteiger partial charge in [0.05, 0.1) is 0 Å². The van der Waals surface area contributed by atoms with Crippen molar-refractivity contribution in [2.24, 2.45) is 11.8 Å². The summed E-state index contributed by atoms with van der Waals surface area (Å²) in [5, 5.41) is 7.43. The molecule has 2 heteroatoms. The van der Waals surface area contributed by atoms with Crippen LogP contribution in [0.5, 0.6) is 0 Å². The first kappa shape index (κ1) is 16.3. The van der Waals surface area contributed by atoms with Crippen LogP contribution in [-0.2, 0) is 0 Å². The van der Waals surface area contributed by atoms with Gasteiger partial charge in [-0.2, -0.15) is 0 Å². The molecule has 118 valence electrons. The summed E-state index contributed by atoms with van der Waals surface area (Å²) in [4.78, 5) is 0. The van der Waals surface area contributed by atoms with Crippen molar-refractivity contribution in [3.63, 3.8) is 0 Å². The van der Waals surface area contributed by atoms with Gasteiger partial charge in [0.2, 0.25) is 0 Å². The zero-order chi connectivity index (χ0) is 14.2. The highest BCUT2D eigenvalue weighted by Gasteiger charge is 2.30.